The molecule has 3 heteroatoms. The molecule has 0 fully saturated rings. The normalized spacial score (nSPS) is 12.1. The number of hydrogen-bond acceptors (Lipinski definition) is 0. The number of fused-ring (bicyclic) bond motifs is 9. The summed E-state index contributed by atoms with van der Waals surface area (Å²) in [5.41, 5.74) is 11.8. The second-order valence-corrected chi connectivity index (χ2v) is 10.4. The van der Waals surface area contributed by atoms with Gasteiger partial charge in [0.1, 0.15) is 0 Å². The molecule has 3 nitrogen and oxygen atoms in total. The van der Waals surface area contributed by atoms with Crippen molar-refractivity contribution in [3.63, 3.8) is 0 Å². The summed E-state index contributed by atoms with van der Waals surface area (Å²) in [6.07, 6.45) is 0. The summed E-state index contributed by atoms with van der Waals surface area (Å²) in [6, 6.07) is 43.6. The fourth-order valence-corrected chi connectivity index (χ4v) is 6.60. The van der Waals surface area contributed by atoms with E-state index in [1.54, 1.807) is 0 Å². The van der Waals surface area contributed by atoms with Gasteiger partial charge in [0.2, 0.25) is 0 Å². The van der Waals surface area contributed by atoms with Crippen LogP contribution in [0.3, 0.4) is 0 Å². The van der Waals surface area contributed by atoms with E-state index in [1.165, 1.54) is 60.1 Å². The molecular weight excluding hydrogens is 474 g/mol. The predicted octanol–water partition coefficient (Wildman–Crippen LogP) is 9.92. The summed E-state index contributed by atoms with van der Waals surface area (Å²) in [7, 11) is 0. The fraction of sp³-hybridized carbons (Fsp3) is 0. The molecule has 0 amide bonds. The molecule has 3 N–H and O–H groups in total. The van der Waals surface area contributed by atoms with E-state index in [-0.39, 0.29) is 0 Å². The number of aromatic nitrogens is 3. The van der Waals surface area contributed by atoms with Gasteiger partial charge < -0.3 is 15.0 Å². The van der Waals surface area contributed by atoms with Crippen LogP contribution in [0.1, 0.15) is 0 Å². The Morgan fingerprint density at radius 2 is 0.718 bits per heavy atom. The lowest BCUT2D eigenvalue weighted by Gasteiger charge is -2.14. The molecule has 0 radical (unpaired) electrons. The second-order valence-electron chi connectivity index (χ2n) is 10.4. The molecule has 0 saturated carbocycles. The first-order valence-corrected chi connectivity index (χ1v) is 13.4. The lowest BCUT2D eigenvalue weighted by Crippen LogP contribution is -1.90. The van der Waals surface area contributed by atoms with Crippen molar-refractivity contribution in [3.8, 4) is 22.3 Å². The van der Waals surface area contributed by atoms with Gasteiger partial charge in [0, 0.05) is 65.6 Å². The zero-order valence-corrected chi connectivity index (χ0v) is 21.0. The van der Waals surface area contributed by atoms with Gasteiger partial charge in [-0.3, -0.25) is 0 Å². The van der Waals surface area contributed by atoms with E-state index in [0.717, 1.165) is 27.6 Å². The topological polar surface area (TPSA) is 47.4 Å². The van der Waals surface area contributed by atoms with Gasteiger partial charge in [-0.05, 0) is 23.8 Å². The Hall–Kier alpha value is -5.28. The predicted molar refractivity (Wildman–Crippen MR) is 165 cm³/mol. The van der Waals surface area contributed by atoms with Crippen LogP contribution in [0.15, 0.2) is 121 Å². The first-order chi connectivity index (χ1) is 19.3. The molecule has 0 aliphatic rings. The molecule has 0 unspecified atom stereocenters. The smallest absolute Gasteiger partial charge is 0.0551 e. The molecule has 0 aliphatic heterocycles. The maximum Gasteiger partial charge on any atom is 0.0551 e. The summed E-state index contributed by atoms with van der Waals surface area (Å²) in [5.74, 6) is 0. The van der Waals surface area contributed by atoms with Crippen LogP contribution in [-0.4, -0.2) is 15.0 Å². The van der Waals surface area contributed by atoms with Crippen molar-refractivity contribution in [3.05, 3.63) is 121 Å². The molecule has 182 valence electrons. The van der Waals surface area contributed by atoms with Crippen LogP contribution in [0, 0.1) is 0 Å². The second kappa shape index (κ2) is 7.62. The summed E-state index contributed by atoms with van der Waals surface area (Å²) >= 11 is 0. The van der Waals surface area contributed by atoms with E-state index in [0.29, 0.717) is 0 Å². The van der Waals surface area contributed by atoms with Crippen LogP contribution >= 0.6 is 0 Å². The lowest BCUT2D eigenvalue weighted by molar-refractivity contribution is 1.51. The third-order valence-corrected chi connectivity index (χ3v) is 8.32. The summed E-state index contributed by atoms with van der Waals surface area (Å²) in [5, 5.41) is 7.47. The Morgan fingerprint density at radius 3 is 1.31 bits per heavy atom. The van der Waals surface area contributed by atoms with Gasteiger partial charge in [0.05, 0.1) is 16.6 Å². The number of H-pyrrole nitrogens is 3. The van der Waals surface area contributed by atoms with E-state index >= 15 is 0 Å². The highest BCUT2D eigenvalue weighted by Gasteiger charge is 2.20. The van der Waals surface area contributed by atoms with Gasteiger partial charge in [-0.25, -0.2) is 0 Å². The Balaban J connectivity index is 1.46. The maximum absolute atomic E-state index is 3.80. The minimum absolute atomic E-state index is 1.15. The van der Waals surface area contributed by atoms with Crippen LogP contribution in [-0.2, 0) is 0 Å². The van der Waals surface area contributed by atoms with Crippen LogP contribution in [0.25, 0.3) is 87.7 Å². The Kier molecular flexibility index (Phi) is 4.05. The fourth-order valence-electron chi connectivity index (χ4n) is 6.60. The molecule has 0 atom stereocenters. The van der Waals surface area contributed by atoms with Crippen LogP contribution < -0.4 is 0 Å². The standard InChI is InChI=1S/C36H23N3/c1-4-16-30-21(9-1)25-12-7-14-27(34(25)37-30)24-19-20-28-23-11-3-6-18-32(23)39-36(28)33(24)29-15-8-13-26-22-10-2-5-17-31(22)38-35(26)29/h1-20,37-39H. The van der Waals surface area contributed by atoms with E-state index < -0.39 is 0 Å². The molecule has 0 aliphatic carbocycles. The average molecular weight is 498 g/mol. The Labute approximate surface area is 223 Å². The molecule has 9 aromatic rings. The molecule has 9 rings (SSSR count). The number of rotatable bonds is 2. The summed E-state index contributed by atoms with van der Waals surface area (Å²) < 4.78 is 0. The number of hydrogen-bond donors (Lipinski definition) is 3. The van der Waals surface area contributed by atoms with Crippen LogP contribution in [0.4, 0.5) is 0 Å². The highest BCUT2D eigenvalue weighted by atomic mass is 14.7. The van der Waals surface area contributed by atoms with Gasteiger partial charge in [-0.2, -0.15) is 0 Å². The minimum atomic E-state index is 1.15. The van der Waals surface area contributed by atoms with Crippen LogP contribution in [0.2, 0.25) is 0 Å². The zero-order chi connectivity index (χ0) is 25.5. The van der Waals surface area contributed by atoms with Crippen molar-refractivity contribution in [2.75, 3.05) is 0 Å². The largest absolute Gasteiger partial charge is 0.354 e. The van der Waals surface area contributed by atoms with Gasteiger partial charge in [0.25, 0.3) is 0 Å². The molecule has 0 spiro atoms. The maximum atomic E-state index is 3.80. The molecule has 39 heavy (non-hydrogen) atoms. The summed E-state index contributed by atoms with van der Waals surface area (Å²) in [4.78, 5) is 11.3. The first kappa shape index (κ1) is 20.7. The van der Waals surface area contributed by atoms with E-state index in [9.17, 15) is 0 Å². The molecule has 0 saturated heterocycles. The number of aromatic amines is 3. The SMILES string of the molecule is c1ccc2c(c1)[nH]c1c(-c3ccc4c([nH]c5ccccc54)c3-c3cccc4c3[nH]c3ccccc34)cccc12. The van der Waals surface area contributed by atoms with E-state index in [4.69, 9.17) is 0 Å². The Morgan fingerprint density at radius 1 is 0.282 bits per heavy atom. The first-order valence-electron chi connectivity index (χ1n) is 13.4. The lowest BCUT2D eigenvalue weighted by atomic mass is 9.90. The number of nitrogens with one attached hydrogen (secondary N) is 3. The van der Waals surface area contributed by atoms with Crippen molar-refractivity contribution in [2.45, 2.75) is 0 Å². The van der Waals surface area contributed by atoms with Crippen molar-refractivity contribution in [1.29, 1.82) is 0 Å². The van der Waals surface area contributed by atoms with Crippen molar-refractivity contribution < 1.29 is 0 Å². The minimum Gasteiger partial charge on any atom is -0.354 e. The molecule has 3 aromatic heterocycles. The summed E-state index contributed by atoms with van der Waals surface area (Å²) in [6.45, 7) is 0. The van der Waals surface area contributed by atoms with Gasteiger partial charge in [-0.1, -0.05) is 103 Å². The highest BCUT2D eigenvalue weighted by Crippen LogP contribution is 2.45. The van der Waals surface area contributed by atoms with Crippen molar-refractivity contribution >= 4 is 65.4 Å². The van der Waals surface area contributed by atoms with E-state index in [1.807, 2.05) is 0 Å². The zero-order valence-electron chi connectivity index (χ0n) is 21.0. The monoisotopic (exact) mass is 497 g/mol. The van der Waals surface area contributed by atoms with Crippen molar-refractivity contribution in [1.82, 2.24) is 15.0 Å². The molecule has 0 bridgehead atoms. The van der Waals surface area contributed by atoms with Crippen molar-refractivity contribution in [2.24, 2.45) is 0 Å². The van der Waals surface area contributed by atoms with E-state index in [2.05, 4.69) is 136 Å². The number of para-hydroxylation sites is 5. The molecule has 3 heterocycles. The third-order valence-electron chi connectivity index (χ3n) is 8.32. The number of benzene rings is 6. The van der Waals surface area contributed by atoms with Crippen LogP contribution in [0.5, 0.6) is 0 Å². The van der Waals surface area contributed by atoms with Gasteiger partial charge >= 0.3 is 0 Å². The Bertz CT molecular complexity index is 2400. The molecular formula is C36H23N3. The van der Waals surface area contributed by atoms with Gasteiger partial charge in [-0.15, -0.1) is 0 Å². The quantitative estimate of drug-likeness (QED) is 0.213. The third kappa shape index (κ3) is 2.82. The highest BCUT2D eigenvalue weighted by molar-refractivity contribution is 6.21. The van der Waals surface area contributed by atoms with Gasteiger partial charge in [0.15, 0.2) is 0 Å². The average Bonchev–Trinajstić information content (AvgIpc) is 3.68. The molecule has 6 aromatic carbocycles.